The fourth-order valence-electron chi connectivity index (χ4n) is 2.22. The summed E-state index contributed by atoms with van der Waals surface area (Å²) in [6.45, 7) is 5.58. The number of aliphatic carboxylic acids is 1. The summed E-state index contributed by atoms with van der Waals surface area (Å²) >= 11 is 0. The minimum absolute atomic E-state index is 0.0738. The molecule has 26 heavy (non-hydrogen) atoms. The van der Waals surface area contributed by atoms with Crippen LogP contribution in [0.4, 0.5) is 22.0 Å². The lowest BCUT2D eigenvalue weighted by molar-refractivity contribution is -0.344. The first-order valence-corrected chi connectivity index (χ1v) is 7.41. The van der Waals surface area contributed by atoms with Crippen LogP contribution in [0.5, 0.6) is 0 Å². The first kappa shape index (κ1) is 21.6. The van der Waals surface area contributed by atoms with Crippen molar-refractivity contribution in [2.24, 2.45) is 0 Å². The van der Waals surface area contributed by atoms with Gasteiger partial charge < -0.3 is 14.6 Å². The molecule has 1 aromatic rings. The number of carbonyl (C=O) groups is 2. The highest BCUT2D eigenvalue weighted by Crippen LogP contribution is 2.39. The summed E-state index contributed by atoms with van der Waals surface area (Å²) in [4.78, 5) is 22.7. The van der Waals surface area contributed by atoms with Gasteiger partial charge >= 0.3 is 18.1 Å². The van der Waals surface area contributed by atoms with Crippen LogP contribution in [-0.4, -0.2) is 23.5 Å². The van der Waals surface area contributed by atoms with Crippen molar-refractivity contribution in [2.45, 2.75) is 44.4 Å². The van der Waals surface area contributed by atoms with Crippen molar-refractivity contribution in [3.05, 3.63) is 47.5 Å². The summed E-state index contributed by atoms with van der Waals surface area (Å²) in [5.74, 6) is -8.60. The number of carboxylic acid groups (broad SMARTS) is 1. The molecule has 4 nitrogen and oxygen atoms in total. The molecule has 1 unspecified atom stereocenters. The first-order valence-electron chi connectivity index (χ1n) is 7.41. The summed E-state index contributed by atoms with van der Waals surface area (Å²) in [6.07, 6.45) is -6.09. The SMILES string of the molecule is C=C(C)C(=O)OC(CC)(Cc1ccc(C(F)(F)F)cc1)C(F)(F)C(=O)[O-]. The fraction of sp³-hybridized carbons (Fsp3) is 0.412. The average molecular weight is 379 g/mol. The predicted octanol–water partition coefficient (Wildman–Crippen LogP) is 2.90. The molecule has 0 aliphatic heterocycles. The minimum Gasteiger partial charge on any atom is -0.544 e. The van der Waals surface area contributed by atoms with Crippen LogP contribution in [0.1, 0.15) is 31.4 Å². The molecule has 144 valence electrons. The number of esters is 1. The Balaban J connectivity index is 3.34. The highest BCUT2D eigenvalue weighted by Gasteiger charge is 2.57. The Morgan fingerprint density at radius 3 is 1.96 bits per heavy atom. The smallest absolute Gasteiger partial charge is 0.416 e. The molecule has 0 saturated heterocycles. The van der Waals surface area contributed by atoms with E-state index in [1.165, 1.54) is 6.92 Å². The van der Waals surface area contributed by atoms with Crippen LogP contribution in [0.15, 0.2) is 36.4 Å². The molecule has 1 atom stereocenters. The fourth-order valence-corrected chi connectivity index (χ4v) is 2.22. The Labute approximate surface area is 146 Å². The number of benzene rings is 1. The molecule has 0 aliphatic carbocycles. The van der Waals surface area contributed by atoms with Gasteiger partial charge in [0.15, 0.2) is 5.60 Å². The zero-order chi connectivity index (χ0) is 20.3. The Hall–Kier alpha value is -2.45. The lowest BCUT2D eigenvalue weighted by Crippen LogP contribution is -2.61. The molecule has 0 heterocycles. The summed E-state index contributed by atoms with van der Waals surface area (Å²) in [6, 6.07) is 3.14. The molecular formula is C17H16F5O4-. The second-order valence-corrected chi connectivity index (χ2v) is 5.75. The Bertz CT molecular complexity index is 694. The van der Waals surface area contributed by atoms with Crippen molar-refractivity contribution in [3.8, 4) is 0 Å². The van der Waals surface area contributed by atoms with Crippen molar-refractivity contribution in [3.63, 3.8) is 0 Å². The summed E-state index contributed by atoms with van der Waals surface area (Å²) in [5.41, 5.74) is -4.17. The number of hydrogen-bond acceptors (Lipinski definition) is 4. The Morgan fingerprint density at radius 1 is 1.12 bits per heavy atom. The number of halogens is 5. The second kappa shape index (κ2) is 7.43. The number of carbonyl (C=O) groups excluding carboxylic acids is 2. The van der Waals surface area contributed by atoms with Crippen LogP contribution >= 0.6 is 0 Å². The van der Waals surface area contributed by atoms with Gasteiger partial charge in [-0.3, -0.25) is 0 Å². The topological polar surface area (TPSA) is 66.4 Å². The van der Waals surface area contributed by atoms with Gasteiger partial charge in [0.1, 0.15) is 5.97 Å². The monoisotopic (exact) mass is 379 g/mol. The van der Waals surface area contributed by atoms with E-state index in [2.05, 4.69) is 6.58 Å². The van der Waals surface area contributed by atoms with E-state index < -0.39 is 48.0 Å². The highest BCUT2D eigenvalue weighted by atomic mass is 19.4. The molecule has 1 rings (SSSR count). The van der Waals surface area contributed by atoms with Gasteiger partial charge in [0.2, 0.25) is 0 Å². The zero-order valence-corrected chi connectivity index (χ0v) is 14.0. The van der Waals surface area contributed by atoms with Crippen LogP contribution in [0, 0.1) is 0 Å². The van der Waals surface area contributed by atoms with Gasteiger partial charge in [0, 0.05) is 12.0 Å². The number of alkyl halides is 5. The molecule has 0 aliphatic rings. The van der Waals surface area contributed by atoms with Crippen molar-refractivity contribution in [1.82, 2.24) is 0 Å². The lowest BCUT2D eigenvalue weighted by Gasteiger charge is -2.39. The van der Waals surface area contributed by atoms with Crippen LogP contribution in [0.3, 0.4) is 0 Å². The highest BCUT2D eigenvalue weighted by molar-refractivity contribution is 5.88. The van der Waals surface area contributed by atoms with Gasteiger partial charge in [-0.25, -0.2) is 4.79 Å². The minimum atomic E-state index is -4.62. The average Bonchev–Trinajstić information content (AvgIpc) is 2.53. The molecular weight excluding hydrogens is 363 g/mol. The molecule has 0 spiro atoms. The van der Waals surface area contributed by atoms with Crippen molar-refractivity contribution in [2.75, 3.05) is 0 Å². The van der Waals surface area contributed by atoms with E-state index in [0.717, 1.165) is 19.1 Å². The molecule has 0 aromatic heterocycles. The van der Waals surface area contributed by atoms with Crippen LogP contribution in [-0.2, 0) is 26.9 Å². The molecule has 1 aromatic carbocycles. The van der Waals surface area contributed by atoms with Crippen LogP contribution < -0.4 is 5.11 Å². The van der Waals surface area contributed by atoms with E-state index in [-0.39, 0.29) is 11.1 Å². The van der Waals surface area contributed by atoms with E-state index in [0.29, 0.717) is 12.1 Å². The quantitative estimate of drug-likeness (QED) is 0.415. The molecule has 0 amide bonds. The molecule has 0 fully saturated rings. The normalized spacial score (nSPS) is 14.4. The molecule has 0 bridgehead atoms. The van der Waals surface area contributed by atoms with Gasteiger partial charge in [-0.15, -0.1) is 0 Å². The standard InChI is InChI=1S/C17H17F5O4/c1-4-15(16(18,19)14(24)25,26-13(23)10(2)3)9-11-5-7-12(8-6-11)17(20,21)22/h5-8H,2,4,9H2,1,3H3,(H,24,25)/p-1. The Morgan fingerprint density at radius 2 is 1.62 bits per heavy atom. The van der Waals surface area contributed by atoms with E-state index in [9.17, 15) is 36.6 Å². The van der Waals surface area contributed by atoms with E-state index in [1.807, 2.05) is 0 Å². The molecule has 0 N–H and O–H groups in total. The van der Waals surface area contributed by atoms with E-state index >= 15 is 0 Å². The van der Waals surface area contributed by atoms with Crippen LogP contribution in [0.2, 0.25) is 0 Å². The lowest BCUT2D eigenvalue weighted by atomic mass is 9.85. The van der Waals surface area contributed by atoms with Gasteiger partial charge in [0.25, 0.3) is 0 Å². The second-order valence-electron chi connectivity index (χ2n) is 5.75. The number of hydrogen-bond donors (Lipinski definition) is 0. The van der Waals surface area contributed by atoms with E-state index in [1.54, 1.807) is 0 Å². The maximum atomic E-state index is 14.3. The maximum absolute atomic E-state index is 14.3. The largest absolute Gasteiger partial charge is 0.544 e. The number of carboxylic acids is 1. The van der Waals surface area contributed by atoms with Crippen molar-refractivity contribution < 1.29 is 41.4 Å². The summed E-state index contributed by atoms with van der Waals surface area (Å²) in [7, 11) is 0. The number of ether oxygens (including phenoxy) is 1. The van der Waals surface area contributed by atoms with Gasteiger partial charge in [-0.1, -0.05) is 25.6 Å². The third-order valence-corrected chi connectivity index (χ3v) is 3.81. The number of rotatable bonds is 7. The molecule has 0 radical (unpaired) electrons. The molecule has 0 saturated carbocycles. The molecule has 9 heteroatoms. The van der Waals surface area contributed by atoms with Crippen molar-refractivity contribution in [1.29, 1.82) is 0 Å². The van der Waals surface area contributed by atoms with Gasteiger partial charge in [-0.2, -0.15) is 22.0 Å². The van der Waals surface area contributed by atoms with Gasteiger partial charge in [0.05, 0.1) is 5.56 Å². The third-order valence-electron chi connectivity index (χ3n) is 3.81. The summed E-state index contributed by atoms with van der Waals surface area (Å²) < 4.78 is 71.1. The summed E-state index contributed by atoms with van der Waals surface area (Å²) in [5, 5.41) is 10.9. The predicted molar refractivity (Wildman–Crippen MR) is 79.0 cm³/mol. The van der Waals surface area contributed by atoms with Crippen molar-refractivity contribution >= 4 is 11.9 Å². The van der Waals surface area contributed by atoms with Crippen LogP contribution in [0.25, 0.3) is 0 Å². The van der Waals surface area contributed by atoms with E-state index in [4.69, 9.17) is 4.74 Å². The maximum Gasteiger partial charge on any atom is 0.416 e. The third kappa shape index (κ3) is 4.39. The van der Waals surface area contributed by atoms with Gasteiger partial charge in [-0.05, 0) is 31.0 Å². The first-order chi connectivity index (χ1) is 11.8. The zero-order valence-electron chi connectivity index (χ0n) is 14.0. The Kier molecular flexibility index (Phi) is 6.17.